The van der Waals surface area contributed by atoms with Crippen LogP contribution in [0.3, 0.4) is 0 Å². The molecule has 4 heteroatoms. The van der Waals surface area contributed by atoms with Crippen LogP contribution >= 0.6 is 0 Å². The van der Waals surface area contributed by atoms with Crippen molar-refractivity contribution in [3.63, 3.8) is 0 Å². The van der Waals surface area contributed by atoms with Gasteiger partial charge in [0.15, 0.2) is 6.29 Å². The Morgan fingerprint density at radius 2 is 2.11 bits per heavy atom. The van der Waals surface area contributed by atoms with Crippen LogP contribution in [0, 0.1) is 13.8 Å². The third kappa shape index (κ3) is 2.59. The monoisotopic (exact) mass is 244 g/mol. The van der Waals surface area contributed by atoms with Crippen LogP contribution in [0.15, 0.2) is 24.3 Å². The summed E-state index contributed by atoms with van der Waals surface area (Å²) in [4.78, 5) is 11.0. The summed E-state index contributed by atoms with van der Waals surface area (Å²) in [5.74, 6) is 0.606. The summed E-state index contributed by atoms with van der Waals surface area (Å²) >= 11 is 0. The predicted molar refractivity (Wildman–Crippen MR) is 68.8 cm³/mol. The van der Waals surface area contributed by atoms with Crippen molar-refractivity contribution in [2.24, 2.45) is 7.05 Å². The maximum atomic E-state index is 11.0. The van der Waals surface area contributed by atoms with Gasteiger partial charge in [-0.2, -0.15) is 5.10 Å². The molecule has 4 nitrogen and oxygen atoms in total. The fraction of sp³-hybridized carbons (Fsp3) is 0.286. The smallest absolute Gasteiger partial charge is 0.153 e. The molecule has 1 heterocycles. The largest absolute Gasteiger partial charge is 0.487 e. The van der Waals surface area contributed by atoms with E-state index in [-0.39, 0.29) is 0 Å². The van der Waals surface area contributed by atoms with Crippen LogP contribution in [0.2, 0.25) is 0 Å². The summed E-state index contributed by atoms with van der Waals surface area (Å²) in [5.41, 5.74) is 3.55. The molecular formula is C14H16N2O2. The normalized spacial score (nSPS) is 10.4. The van der Waals surface area contributed by atoms with Gasteiger partial charge in [-0.3, -0.25) is 9.48 Å². The molecule has 2 rings (SSSR count). The highest BCUT2D eigenvalue weighted by molar-refractivity contribution is 5.79. The van der Waals surface area contributed by atoms with Gasteiger partial charge < -0.3 is 4.74 Å². The van der Waals surface area contributed by atoms with E-state index in [2.05, 4.69) is 5.10 Å². The van der Waals surface area contributed by atoms with Crippen LogP contribution in [0.1, 0.15) is 27.3 Å². The van der Waals surface area contributed by atoms with Crippen molar-refractivity contribution in [2.75, 3.05) is 0 Å². The molecular weight excluding hydrogens is 228 g/mol. The van der Waals surface area contributed by atoms with E-state index in [9.17, 15) is 4.79 Å². The molecule has 0 radical (unpaired) electrons. The summed E-state index contributed by atoms with van der Waals surface area (Å²) in [6.07, 6.45) is 0.816. The van der Waals surface area contributed by atoms with Crippen LogP contribution < -0.4 is 4.74 Å². The molecule has 0 bridgehead atoms. The Hall–Kier alpha value is -2.10. The molecule has 0 spiro atoms. The molecule has 0 saturated heterocycles. The summed E-state index contributed by atoms with van der Waals surface area (Å²) < 4.78 is 7.45. The first-order valence-corrected chi connectivity index (χ1v) is 5.78. The highest BCUT2D eigenvalue weighted by Crippen LogP contribution is 2.19. The van der Waals surface area contributed by atoms with E-state index >= 15 is 0 Å². The number of nitrogens with zero attached hydrogens (tertiary/aromatic N) is 2. The molecule has 1 aromatic carbocycles. The Balaban J connectivity index is 2.15. The number of benzene rings is 1. The molecule has 0 N–H and O–H groups in total. The van der Waals surface area contributed by atoms with Crippen LogP contribution in [0.5, 0.6) is 5.75 Å². The van der Waals surface area contributed by atoms with Crippen LogP contribution in [0.25, 0.3) is 0 Å². The number of carbonyl (C=O) groups excluding carboxylic acids is 1. The van der Waals surface area contributed by atoms with Gasteiger partial charge in [-0.05, 0) is 32.0 Å². The standard InChI is InChI=1S/C14H16N2O2/c1-10-4-5-14(12(6-10)8-17)18-9-13-7-11(2)15-16(13)3/h4-8H,9H2,1-3H3. The first-order valence-electron chi connectivity index (χ1n) is 5.78. The molecule has 0 aliphatic carbocycles. The van der Waals surface area contributed by atoms with E-state index in [0.717, 1.165) is 23.2 Å². The molecule has 0 aliphatic heterocycles. The zero-order valence-electron chi connectivity index (χ0n) is 10.8. The lowest BCUT2D eigenvalue weighted by atomic mass is 10.1. The van der Waals surface area contributed by atoms with Gasteiger partial charge in [-0.25, -0.2) is 0 Å². The Morgan fingerprint density at radius 1 is 1.33 bits per heavy atom. The van der Waals surface area contributed by atoms with Crippen molar-refractivity contribution in [2.45, 2.75) is 20.5 Å². The molecule has 94 valence electrons. The molecule has 0 aliphatic rings. The maximum absolute atomic E-state index is 11.0. The predicted octanol–water partition coefficient (Wildman–Crippen LogP) is 2.43. The van der Waals surface area contributed by atoms with Gasteiger partial charge >= 0.3 is 0 Å². The van der Waals surface area contributed by atoms with E-state index < -0.39 is 0 Å². The van der Waals surface area contributed by atoms with Crippen LogP contribution in [-0.2, 0) is 13.7 Å². The van der Waals surface area contributed by atoms with Gasteiger partial charge in [0.05, 0.1) is 17.0 Å². The molecule has 18 heavy (non-hydrogen) atoms. The fourth-order valence-corrected chi connectivity index (χ4v) is 1.84. The number of ether oxygens (including phenoxy) is 1. The van der Waals surface area contributed by atoms with Crippen molar-refractivity contribution in [3.8, 4) is 5.75 Å². The minimum absolute atomic E-state index is 0.404. The highest BCUT2D eigenvalue weighted by atomic mass is 16.5. The number of aldehydes is 1. The van der Waals surface area contributed by atoms with E-state index in [1.54, 1.807) is 4.68 Å². The number of carbonyl (C=O) groups is 1. The van der Waals surface area contributed by atoms with Gasteiger partial charge in [-0.1, -0.05) is 11.6 Å². The highest BCUT2D eigenvalue weighted by Gasteiger charge is 2.06. The summed E-state index contributed by atoms with van der Waals surface area (Å²) in [6.45, 7) is 4.29. The zero-order chi connectivity index (χ0) is 13.1. The Kier molecular flexibility index (Phi) is 3.46. The number of aryl methyl sites for hydroxylation is 3. The van der Waals surface area contributed by atoms with Gasteiger partial charge in [-0.15, -0.1) is 0 Å². The third-order valence-corrected chi connectivity index (χ3v) is 2.77. The second kappa shape index (κ2) is 5.04. The van der Waals surface area contributed by atoms with E-state index in [1.807, 2.05) is 45.2 Å². The van der Waals surface area contributed by atoms with Crippen molar-refractivity contribution < 1.29 is 9.53 Å². The van der Waals surface area contributed by atoms with E-state index in [1.165, 1.54) is 0 Å². The Bertz CT molecular complexity index is 573. The average Bonchev–Trinajstić information content (AvgIpc) is 2.66. The van der Waals surface area contributed by atoms with Crippen molar-refractivity contribution in [1.29, 1.82) is 0 Å². The summed E-state index contributed by atoms with van der Waals surface area (Å²) in [7, 11) is 1.88. The first-order chi connectivity index (χ1) is 8.60. The van der Waals surface area contributed by atoms with E-state index in [0.29, 0.717) is 17.9 Å². The quantitative estimate of drug-likeness (QED) is 0.776. The minimum atomic E-state index is 0.404. The molecule has 0 saturated carbocycles. The van der Waals surface area contributed by atoms with Gasteiger partial charge in [0, 0.05) is 7.05 Å². The van der Waals surface area contributed by atoms with Crippen molar-refractivity contribution >= 4 is 6.29 Å². The Morgan fingerprint density at radius 3 is 2.72 bits per heavy atom. The molecule has 0 unspecified atom stereocenters. The van der Waals surface area contributed by atoms with Crippen LogP contribution in [0.4, 0.5) is 0 Å². The molecule has 0 amide bonds. The van der Waals surface area contributed by atoms with Crippen LogP contribution in [-0.4, -0.2) is 16.1 Å². The molecule has 0 fully saturated rings. The molecule has 0 atom stereocenters. The third-order valence-electron chi connectivity index (χ3n) is 2.77. The molecule has 1 aromatic heterocycles. The lowest BCUT2D eigenvalue weighted by Gasteiger charge is -2.09. The summed E-state index contributed by atoms with van der Waals surface area (Å²) in [6, 6.07) is 7.53. The summed E-state index contributed by atoms with van der Waals surface area (Å²) in [5, 5.41) is 4.25. The second-order valence-electron chi connectivity index (χ2n) is 4.35. The topological polar surface area (TPSA) is 44.1 Å². The number of rotatable bonds is 4. The minimum Gasteiger partial charge on any atom is -0.487 e. The van der Waals surface area contributed by atoms with Gasteiger partial charge in [0.2, 0.25) is 0 Å². The maximum Gasteiger partial charge on any atom is 0.153 e. The second-order valence-corrected chi connectivity index (χ2v) is 4.35. The molecule has 2 aromatic rings. The lowest BCUT2D eigenvalue weighted by molar-refractivity contribution is 0.111. The number of aromatic nitrogens is 2. The first kappa shape index (κ1) is 12.4. The lowest BCUT2D eigenvalue weighted by Crippen LogP contribution is -2.04. The number of hydrogen-bond donors (Lipinski definition) is 0. The zero-order valence-corrected chi connectivity index (χ0v) is 10.8. The van der Waals surface area contributed by atoms with Crippen molar-refractivity contribution in [1.82, 2.24) is 9.78 Å². The average molecular weight is 244 g/mol. The van der Waals surface area contributed by atoms with Gasteiger partial charge in [0.1, 0.15) is 12.4 Å². The van der Waals surface area contributed by atoms with E-state index in [4.69, 9.17) is 4.74 Å². The fourth-order valence-electron chi connectivity index (χ4n) is 1.84. The SMILES string of the molecule is Cc1ccc(OCc2cc(C)nn2C)c(C=O)c1. The van der Waals surface area contributed by atoms with Crippen molar-refractivity contribution in [3.05, 3.63) is 46.8 Å². The number of hydrogen-bond acceptors (Lipinski definition) is 3. The Labute approximate surface area is 106 Å². The van der Waals surface area contributed by atoms with Gasteiger partial charge in [0.25, 0.3) is 0 Å².